The minimum atomic E-state index is -4.48. The molecule has 0 aliphatic rings. The van der Waals surface area contributed by atoms with Gasteiger partial charge in [-0.05, 0) is 35.7 Å². The number of nitrogens with one attached hydrogen (secondary N) is 1. The van der Waals surface area contributed by atoms with E-state index in [0.717, 1.165) is 35.6 Å². The summed E-state index contributed by atoms with van der Waals surface area (Å²) >= 11 is 1.10. The molecule has 8 heteroatoms. The number of rotatable bonds is 4. The first-order chi connectivity index (χ1) is 10.8. The second kappa shape index (κ2) is 6.62. The lowest BCUT2D eigenvalue weighted by Gasteiger charge is -2.10. The van der Waals surface area contributed by atoms with Gasteiger partial charge in [0.25, 0.3) is 0 Å². The number of carbonyl (C=O) groups excluding carboxylic acids is 2. The van der Waals surface area contributed by atoms with Gasteiger partial charge >= 0.3 is 6.18 Å². The molecule has 1 unspecified atom stereocenters. The lowest BCUT2D eigenvalue weighted by atomic mass is 10.0. The highest BCUT2D eigenvalue weighted by molar-refractivity contribution is 7.12. The van der Waals surface area contributed by atoms with Gasteiger partial charge < -0.3 is 5.32 Å². The molecule has 1 amide bonds. The molecular formula is C15H9F3N2O2S. The number of hydrogen-bond acceptors (Lipinski definition) is 4. The summed E-state index contributed by atoms with van der Waals surface area (Å²) in [4.78, 5) is 24.3. The van der Waals surface area contributed by atoms with Crippen LogP contribution in [0.25, 0.3) is 0 Å². The van der Waals surface area contributed by atoms with Crippen molar-refractivity contribution >= 4 is 28.7 Å². The molecule has 0 aliphatic heterocycles. The number of alkyl halides is 3. The summed E-state index contributed by atoms with van der Waals surface area (Å²) in [5.74, 6) is -3.09. The molecule has 1 aromatic heterocycles. The molecule has 2 rings (SSSR count). The first-order valence-electron chi connectivity index (χ1n) is 6.28. The van der Waals surface area contributed by atoms with Gasteiger partial charge in [-0.3, -0.25) is 9.59 Å². The Bertz CT molecular complexity index is 747. The molecular weight excluding hydrogens is 329 g/mol. The third-order valence-electron chi connectivity index (χ3n) is 2.90. The van der Waals surface area contributed by atoms with Gasteiger partial charge in [0.15, 0.2) is 11.7 Å². The number of benzene rings is 1. The van der Waals surface area contributed by atoms with Gasteiger partial charge in [-0.1, -0.05) is 6.07 Å². The first kappa shape index (κ1) is 16.7. The van der Waals surface area contributed by atoms with Crippen LogP contribution in [-0.4, -0.2) is 11.7 Å². The van der Waals surface area contributed by atoms with E-state index in [1.54, 1.807) is 17.5 Å². The van der Waals surface area contributed by atoms with E-state index in [0.29, 0.717) is 0 Å². The summed E-state index contributed by atoms with van der Waals surface area (Å²) in [5.41, 5.74) is -0.788. The van der Waals surface area contributed by atoms with E-state index in [4.69, 9.17) is 5.26 Å². The molecule has 0 aliphatic carbocycles. The Kier molecular flexibility index (Phi) is 4.81. The number of anilines is 1. The second-order valence-electron chi connectivity index (χ2n) is 4.47. The number of halogens is 3. The van der Waals surface area contributed by atoms with Crippen LogP contribution in [0.2, 0.25) is 0 Å². The van der Waals surface area contributed by atoms with E-state index in [1.165, 1.54) is 6.07 Å². The van der Waals surface area contributed by atoms with Crippen molar-refractivity contribution in [3.63, 3.8) is 0 Å². The fourth-order valence-corrected chi connectivity index (χ4v) is 2.45. The third-order valence-corrected chi connectivity index (χ3v) is 3.78. The van der Waals surface area contributed by atoms with Crippen LogP contribution in [-0.2, 0) is 11.0 Å². The van der Waals surface area contributed by atoms with Crippen LogP contribution in [0.1, 0.15) is 15.2 Å². The third kappa shape index (κ3) is 3.96. The number of nitriles is 1. The molecule has 0 saturated heterocycles. The monoisotopic (exact) mass is 338 g/mol. The van der Waals surface area contributed by atoms with E-state index in [-0.39, 0.29) is 10.6 Å². The van der Waals surface area contributed by atoms with Crippen molar-refractivity contribution in [3.8, 4) is 6.07 Å². The highest BCUT2D eigenvalue weighted by Gasteiger charge is 2.31. The Morgan fingerprint density at radius 3 is 2.30 bits per heavy atom. The quantitative estimate of drug-likeness (QED) is 0.682. The van der Waals surface area contributed by atoms with Gasteiger partial charge in [-0.15, -0.1) is 11.3 Å². The summed E-state index contributed by atoms with van der Waals surface area (Å²) in [7, 11) is 0. The Morgan fingerprint density at radius 2 is 1.83 bits per heavy atom. The number of amides is 1. The largest absolute Gasteiger partial charge is 0.416 e. The zero-order chi connectivity index (χ0) is 17.0. The van der Waals surface area contributed by atoms with Crippen LogP contribution in [0, 0.1) is 17.2 Å². The summed E-state index contributed by atoms with van der Waals surface area (Å²) in [5, 5.41) is 12.9. The summed E-state index contributed by atoms with van der Waals surface area (Å²) in [6, 6.07) is 8.44. The van der Waals surface area contributed by atoms with E-state index in [1.807, 2.05) is 0 Å². The van der Waals surface area contributed by atoms with E-state index < -0.39 is 29.3 Å². The van der Waals surface area contributed by atoms with Crippen LogP contribution in [0.5, 0.6) is 0 Å². The molecule has 1 heterocycles. The summed E-state index contributed by atoms with van der Waals surface area (Å²) < 4.78 is 37.4. The van der Waals surface area contributed by atoms with Crippen LogP contribution >= 0.6 is 11.3 Å². The summed E-state index contributed by atoms with van der Waals surface area (Å²) in [6.07, 6.45) is -4.48. The summed E-state index contributed by atoms with van der Waals surface area (Å²) in [6.45, 7) is 0. The normalized spacial score (nSPS) is 12.3. The molecule has 1 aromatic carbocycles. The van der Waals surface area contributed by atoms with Crippen molar-refractivity contribution in [2.45, 2.75) is 6.18 Å². The predicted octanol–water partition coefficient (Wildman–Crippen LogP) is 3.73. The molecule has 4 nitrogen and oxygen atoms in total. The second-order valence-corrected chi connectivity index (χ2v) is 5.42. The number of hydrogen-bond donors (Lipinski definition) is 1. The Labute approximate surface area is 133 Å². The molecule has 118 valence electrons. The number of Topliss-reactive ketones (excluding diaryl/α,β-unsaturated/α-hetero) is 1. The SMILES string of the molecule is N#CC(C(=O)Nc1ccc(C(F)(F)F)cc1)C(=O)c1cccs1. The van der Waals surface area contributed by atoms with Crippen molar-refractivity contribution in [2.24, 2.45) is 5.92 Å². The van der Waals surface area contributed by atoms with E-state index in [2.05, 4.69) is 5.32 Å². The number of carbonyl (C=O) groups is 2. The van der Waals surface area contributed by atoms with Crippen LogP contribution in [0.15, 0.2) is 41.8 Å². The number of thiophene rings is 1. The Balaban J connectivity index is 2.11. The number of ketones is 1. The van der Waals surface area contributed by atoms with Gasteiger partial charge in [-0.2, -0.15) is 18.4 Å². The number of nitrogens with zero attached hydrogens (tertiary/aromatic N) is 1. The molecule has 0 fully saturated rings. The highest BCUT2D eigenvalue weighted by atomic mass is 32.1. The Morgan fingerprint density at radius 1 is 1.17 bits per heavy atom. The molecule has 2 aromatic rings. The first-order valence-corrected chi connectivity index (χ1v) is 7.16. The molecule has 1 atom stereocenters. The molecule has 0 bridgehead atoms. The van der Waals surface area contributed by atoms with E-state index >= 15 is 0 Å². The van der Waals surface area contributed by atoms with Gasteiger partial charge in [0, 0.05) is 5.69 Å². The topological polar surface area (TPSA) is 70.0 Å². The minimum Gasteiger partial charge on any atom is -0.325 e. The van der Waals surface area contributed by atoms with Gasteiger partial charge in [0.05, 0.1) is 16.5 Å². The fourth-order valence-electron chi connectivity index (χ4n) is 1.75. The zero-order valence-electron chi connectivity index (χ0n) is 11.4. The minimum absolute atomic E-state index is 0.0715. The van der Waals surface area contributed by atoms with Crippen molar-refractivity contribution in [1.82, 2.24) is 0 Å². The van der Waals surface area contributed by atoms with Crippen LogP contribution < -0.4 is 5.32 Å². The van der Waals surface area contributed by atoms with E-state index in [9.17, 15) is 22.8 Å². The highest BCUT2D eigenvalue weighted by Crippen LogP contribution is 2.29. The average Bonchev–Trinajstić information content (AvgIpc) is 3.01. The lowest BCUT2D eigenvalue weighted by Crippen LogP contribution is -2.28. The predicted molar refractivity (Wildman–Crippen MR) is 77.8 cm³/mol. The molecule has 0 radical (unpaired) electrons. The van der Waals surface area contributed by atoms with Gasteiger partial charge in [0.1, 0.15) is 0 Å². The molecule has 1 N–H and O–H groups in total. The maximum Gasteiger partial charge on any atom is 0.416 e. The smallest absolute Gasteiger partial charge is 0.325 e. The molecule has 23 heavy (non-hydrogen) atoms. The average molecular weight is 338 g/mol. The van der Waals surface area contributed by atoms with Gasteiger partial charge in [0.2, 0.25) is 5.91 Å². The standard InChI is InChI=1S/C15H9F3N2O2S/c16-15(17,18)9-3-5-10(6-4-9)20-14(22)11(8-19)13(21)12-2-1-7-23-12/h1-7,11H,(H,20,22). The van der Waals surface area contributed by atoms with Crippen molar-refractivity contribution < 1.29 is 22.8 Å². The maximum absolute atomic E-state index is 12.5. The molecule has 0 saturated carbocycles. The molecule has 0 spiro atoms. The van der Waals surface area contributed by atoms with Crippen molar-refractivity contribution in [2.75, 3.05) is 5.32 Å². The van der Waals surface area contributed by atoms with Crippen LogP contribution in [0.3, 0.4) is 0 Å². The van der Waals surface area contributed by atoms with Gasteiger partial charge in [-0.25, -0.2) is 0 Å². The van der Waals surface area contributed by atoms with Crippen molar-refractivity contribution in [3.05, 3.63) is 52.2 Å². The zero-order valence-corrected chi connectivity index (χ0v) is 12.2. The van der Waals surface area contributed by atoms with Crippen molar-refractivity contribution in [1.29, 1.82) is 5.26 Å². The lowest BCUT2D eigenvalue weighted by molar-refractivity contribution is -0.137. The maximum atomic E-state index is 12.5. The Hall–Kier alpha value is -2.66. The van der Waals surface area contributed by atoms with Crippen LogP contribution in [0.4, 0.5) is 18.9 Å². The fraction of sp³-hybridized carbons (Fsp3) is 0.133.